The Bertz CT molecular complexity index is 1240. The molecule has 1 atom stereocenters. The number of hydrogen-bond donors (Lipinski definition) is 0. The molecule has 0 fully saturated rings. The highest BCUT2D eigenvalue weighted by Crippen LogP contribution is 2.44. The maximum absolute atomic E-state index is 13.4. The van der Waals surface area contributed by atoms with E-state index in [2.05, 4.69) is 98.1 Å². The van der Waals surface area contributed by atoms with E-state index in [0.29, 0.717) is 13.0 Å². The lowest BCUT2D eigenvalue weighted by atomic mass is 9.81. The molecule has 0 bridgehead atoms. The quantitative estimate of drug-likeness (QED) is 0.331. The van der Waals surface area contributed by atoms with Crippen molar-refractivity contribution < 1.29 is 4.79 Å². The minimum Gasteiger partial charge on any atom is -0.308 e. The van der Waals surface area contributed by atoms with Crippen molar-refractivity contribution in [3.8, 4) is 0 Å². The minimum absolute atomic E-state index is 0.0683. The van der Waals surface area contributed by atoms with Crippen LogP contribution in [-0.4, -0.2) is 12.2 Å². The van der Waals surface area contributed by atoms with Gasteiger partial charge < -0.3 is 4.90 Å². The third-order valence-electron chi connectivity index (χ3n) is 6.25. The van der Waals surface area contributed by atoms with E-state index in [1.54, 1.807) is 11.8 Å². The van der Waals surface area contributed by atoms with Gasteiger partial charge in [0.05, 0.1) is 6.54 Å². The third-order valence-corrected chi connectivity index (χ3v) is 6.99. The Morgan fingerprint density at radius 1 is 0.903 bits per heavy atom. The zero-order valence-corrected chi connectivity index (χ0v) is 18.7. The van der Waals surface area contributed by atoms with Crippen LogP contribution in [0.4, 0.5) is 5.69 Å². The molecule has 0 radical (unpaired) electrons. The molecule has 0 spiro atoms. The highest BCUT2D eigenvalue weighted by molar-refractivity contribution is 7.98. The Kier molecular flexibility index (Phi) is 5.29. The SMILES string of the molecule is CSc1ccc(C2CC(=O)N(Cc3ccc(C)cc3)c3ccc4ccccc4c32)cc1. The Morgan fingerprint density at radius 2 is 1.65 bits per heavy atom. The van der Waals surface area contributed by atoms with E-state index in [1.165, 1.54) is 32.4 Å². The van der Waals surface area contributed by atoms with E-state index in [4.69, 9.17) is 0 Å². The zero-order chi connectivity index (χ0) is 21.4. The van der Waals surface area contributed by atoms with Crippen molar-refractivity contribution >= 4 is 34.1 Å². The van der Waals surface area contributed by atoms with Crippen molar-refractivity contribution in [2.24, 2.45) is 0 Å². The lowest BCUT2D eigenvalue weighted by molar-refractivity contribution is -0.119. The number of hydrogen-bond acceptors (Lipinski definition) is 2. The number of amides is 1. The highest BCUT2D eigenvalue weighted by atomic mass is 32.2. The summed E-state index contributed by atoms with van der Waals surface area (Å²) in [4.78, 5) is 16.6. The Morgan fingerprint density at radius 3 is 2.39 bits per heavy atom. The molecule has 4 aromatic carbocycles. The van der Waals surface area contributed by atoms with Gasteiger partial charge in [0.15, 0.2) is 0 Å². The van der Waals surface area contributed by atoms with Crippen LogP contribution in [0.25, 0.3) is 10.8 Å². The summed E-state index contributed by atoms with van der Waals surface area (Å²) in [7, 11) is 0. The molecule has 0 N–H and O–H groups in total. The highest BCUT2D eigenvalue weighted by Gasteiger charge is 2.33. The monoisotopic (exact) mass is 423 g/mol. The number of aryl methyl sites for hydroxylation is 1. The summed E-state index contributed by atoms with van der Waals surface area (Å²) in [6.07, 6.45) is 2.58. The predicted molar refractivity (Wildman–Crippen MR) is 131 cm³/mol. The molecular formula is C28H25NOS. The van der Waals surface area contributed by atoms with Crippen LogP contribution in [-0.2, 0) is 11.3 Å². The van der Waals surface area contributed by atoms with E-state index < -0.39 is 0 Å². The first-order valence-corrected chi connectivity index (χ1v) is 11.9. The van der Waals surface area contributed by atoms with Crippen molar-refractivity contribution in [2.45, 2.75) is 30.7 Å². The molecule has 31 heavy (non-hydrogen) atoms. The molecule has 1 unspecified atom stereocenters. The fourth-order valence-electron chi connectivity index (χ4n) is 4.58. The molecule has 5 rings (SSSR count). The average molecular weight is 424 g/mol. The molecule has 1 amide bonds. The van der Waals surface area contributed by atoms with Crippen LogP contribution in [0.5, 0.6) is 0 Å². The summed E-state index contributed by atoms with van der Waals surface area (Å²) in [6.45, 7) is 2.69. The summed E-state index contributed by atoms with van der Waals surface area (Å²) in [5.41, 5.74) is 5.89. The first-order chi connectivity index (χ1) is 15.1. The largest absolute Gasteiger partial charge is 0.308 e. The topological polar surface area (TPSA) is 20.3 Å². The molecule has 0 aliphatic carbocycles. The molecule has 3 heteroatoms. The molecule has 4 aromatic rings. The van der Waals surface area contributed by atoms with Crippen molar-refractivity contribution in [1.82, 2.24) is 0 Å². The van der Waals surface area contributed by atoms with E-state index in [0.717, 1.165) is 11.3 Å². The van der Waals surface area contributed by atoms with Crippen LogP contribution in [0.3, 0.4) is 0 Å². The van der Waals surface area contributed by atoms with Crippen LogP contribution in [0, 0.1) is 6.92 Å². The smallest absolute Gasteiger partial charge is 0.228 e. The maximum atomic E-state index is 13.4. The fraction of sp³-hybridized carbons (Fsp3) is 0.179. The van der Waals surface area contributed by atoms with Crippen LogP contribution in [0.15, 0.2) is 89.8 Å². The summed E-state index contributed by atoms with van der Waals surface area (Å²) in [6, 6.07) is 30.0. The second-order valence-corrected chi connectivity index (χ2v) is 9.09. The van der Waals surface area contributed by atoms with Crippen LogP contribution in [0.2, 0.25) is 0 Å². The van der Waals surface area contributed by atoms with Gasteiger partial charge in [0.2, 0.25) is 5.91 Å². The van der Waals surface area contributed by atoms with Crippen molar-refractivity contribution in [3.63, 3.8) is 0 Å². The molecule has 0 saturated carbocycles. The molecule has 0 aromatic heterocycles. The number of thioether (sulfide) groups is 1. The summed E-state index contributed by atoms with van der Waals surface area (Å²) in [5, 5.41) is 2.46. The van der Waals surface area contributed by atoms with Gasteiger partial charge in [-0.2, -0.15) is 0 Å². The standard InChI is InChI=1S/C28H25NOS/c1-19-7-9-20(10-8-19)18-29-26-16-13-21-5-3-4-6-24(21)28(26)25(17-27(29)30)22-11-14-23(31-2)15-12-22/h3-16,25H,17-18H2,1-2H3. The van der Waals surface area contributed by atoms with Gasteiger partial charge >= 0.3 is 0 Å². The lowest BCUT2D eigenvalue weighted by Crippen LogP contribution is -2.36. The van der Waals surface area contributed by atoms with Crippen LogP contribution in [0.1, 0.15) is 34.6 Å². The number of benzene rings is 4. The van der Waals surface area contributed by atoms with Gasteiger partial charge in [-0.1, -0.05) is 72.3 Å². The van der Waals surface area contributed by atoms with Gasteiger partial charge in [-0.05, 0) is 58.8 Å². The van der Waals surface area contributed by atoms with Crippen LogP contribution < -0.4 is 4.90 Å². The molecule has 154 valence electrons. The Balaban J connectivity index is 1.64. The van der Waals surface area contributed by atoms with Gasteiger partial charge in [0, 0.05) is 22.9 Å². The fourth-order valence-corrected chi connectivity index (χ4v) is 4.99. The number of rotatable bonds is 4. The van der Waals surface area contributed by atoms with Crippen molar-refractivity contribution in [2.75, 3.05) is 11.2 Å². The first-order valence-electron chi connectivity index (χ1n) is 10.7. The Labute approximate surface area is 187 Å². The van der Waals surface area contributed by atoms with Gasteiger partial charge in [-0.3, -0.25) is 4.79 Å². The average Bonchev–Trinajstić information content (AvgIpc) is 2.81. The van der Waals surface area contributed by atoms with Gasteiger partial charge in [-0.15, -0.1) is 11.8 Å². The number of carbonyl (C=O) groups excluding carboxylic acids is 1. The number of nitrogens with zero attached hydrogens (tertiary/aromatic N) is 1. The van der Waals surface area contributed by atoms with E-state index in [9.17, 15) is 4.79 Å². The van der Waals surface area contributed by atoms with Gasteiger partial charge in [-0.25, -0.2) is 0 Å². The summed E-state index contributed by atoms with van der Waals surface area (Å²) < 4.78 is 0. The third kappa shape index (κ3) is 3.75. The second kappa shape index (κ2) is 8.24. The maximum Gasteiger partial charge on any atom is 0.228 e. The van der Waals surface area contributed by atoms with Gasteiger partial charge in [0.1, 0.15) is 0 Å². The molecule has 1 heterocycles. The predicted octanol–water partition coefficient (Wildman–Crippen LogP) is 6.94. The minimum atomic E-state index is 0.0683. The second-order valence-electron chi connectivity index (χ2n) is 8.21. The summed E-state index contributed by atoms with van der Waals surface area (Å²) >= 11 is 1.74. The normalized spacial score (nSPS) is 15.9. The summed E-state index contributed by atoms with van der Waals surface area (Å²) in [5.74, 6) is 0.251. The van der Waals surface area contributed by atoms with Gasteiger partial charge in [0.25, 0.3) is 0 Å². The first kappa shape index (κ1) is 19.9. The molecule has 0 saturated heterocycles. The number of anilines is 1. The number of fused-ring (bicyclic) bond motifs is 3. The number of carbonyl (C=O) groups is 1. The zero-order valence-electron chi connectivity index (χ0n) is 17.8. The van der Waals surface area contributed by atoms with Crippen molar-refractivity contribution in [3.05, 3.63) is 107 Å². The van der Waals surface area contributed by atoms with Crippen molar-refractivity contribution in [1.29, 1.82) is 0 Å². The molecule has 1 aliphatic rings. The van der Waals surface area contributed by atoms with E-state index in [-0.39, 0.29) is 11.8 Å². The lowest BCUT2D eigenvalue weighted by Gasteiger charge is -2.35. The van der Waals surface area contributed by atoms with E-state index >= 15 is 0 Å². The molecule has 2 nitrogen and oxygen atoms in total. The molecule has 1 aliphatic heterocycles. The van der Waals surface area contributed by atoms with E-state index in [1.807, 2.05) is 4.90 Å². The Hall–Kier alpha value is -3.04. The molecular weight excluding hydrogens is 398 g/mol. The van der Waals surface area contributed by atoms with Crippen LogP contribution >= 0.6 is 11.8 Å².